The Balaban J connectivity index is 0.000000631. The molecule has 0 amide bonds. The van der Waals surface area contributed by atoms with Crippen LogP contribution in [0.15, 0.2) is 41.3 Å². The molecule has 5 nitrogen and oxygen atoms in total. The predicted molar refractivity (Wildman–Crippen MR) is 136 cm³/mol. The third-order valence-corrected chi connectivity index (χ3v) is 8.34. The number of aliphatic carboxylic acids is 1. The van der Waals surface area contributed by atoms with Gasteiger partial charge >= 0.3 is 12.1 Å². The maximum absolute atomic E-state index is 14.0. The summed E-state index contributed by atoms with van der Waals surface area (Å²) in [6.07, 6.45) is -3.04. The number of carbonyl (C=O) groups is 1. The molecule has 216 valence electrons. The van der Waals surface area contributed by atoms with E-state index in [0.29, 0.717) is 31.5 Å². The second-order valence-electron chi connectivity index (χ2n) is 10.1. The molecule has 1 heterocycles. The Bertz CT molecular complexity index is 1190. The number of hydrogen-bond acceptors (Lipinski definition) is 4. The average Bonchev–Trinajstić information content (AvgIpc) is 3.71. The summed E-state index contributed by atoms with van der Waals surface area (Å²) >= 11 is 0. The van der Waals surface area contributed by atoms with Crippen molar-refractivity contribution in [2.75, 3.05) is 23.8 Å². The minimum Gasteiger partial charge on any atom is -0.492 e. The van der Waals surface area contributed by atoms with Crippen LogP contribution in [0.2, 0.25) is 0 Å². The van der Waals surface area contributed by atoms with Gasteiger partial charge in [0.05, 0.1) is 26.9 Å². The SMILES string of the molecule is CC(COc1cc2c(cc1C(F)(F)F)N(c1ccc(F)cc1)CCCS2=O)(C(=O)O)C1CC1.CCC(C)(F)F. The van der Waals surface area contributed by atoms with Gasteiger partial charge in [0.2, 0.25) is 5.92 Å². The van der Waals surface area contributed by atoms with E-state index in [1.54, 1.807) is 4.90 Å². The number of carboxylic acids is 1. The Morgan fingerprint density at radius 2 is 1.69 bits per heavy atom. The van der Waals surface area contributed by atoms with Crippen molar-refractivity contribution < 1.29 is 45.2 Å². The van der Waals surface area contributed by atoms with E-state index < -0.39 is 58.0 Å². The van der Waals surface area contributed by atoms with Gasteiger partial charge in [-0.1, -0.05) is 6.92 Å². The van der Waals surface area contributed by atoms with E-state index in [2.05, 4.69) is 0 Å². The van der Waals surface area contributed by atoms with Gasteiger partial charge in [0.15, 0.2) is 0 Å². The normalized spacial score (nSPS) is 19.2. The Labute approximate surface area is 225 Å². The minimum atomic E-state index is -4.79. The number of carboxylic acid groups (broad SMARTS) is 1. The van der Waals surface area contributed by atoms with Crippen molar-refractivity contribution in [2.24, 2.45) is 11.3 Å². The number of nitrogens with zero attached hydrogens (tertiary/aromatic N) is 1. The molecule has 0 bridgehead atoms. The third-order valence-electron chi connectivity index (χ3n) is 6.87. The lowest BCUT2D eigenvalue weighted by Gasteiger charge is -2.28. The number of alkyl halides is 5. The van der Waals surface area contributed by atoms with E-state index in [-0.39, 0.29) is 28.7 Å². The van der Waals surface area contributed by atoms with Gasteiger partial charge in [-0.3, -0.25) is 9.00 Å². The first-order valence-corrected chi connectivity index (χ1v) is 13.8. The van der Waals surface area contributed by atoms with Crippen molar-refractivity contribution in [1.82, 2.24) is 0 Å². The van der Waals surface area contributed by atoms with Gasteiger partial charge in [-0.25, -0.2) is 13.2 Å². The number of ether oxygens (including phenoxy) is 1. The number of hydrogen-bond donors (Lipinski definition) is 1. The van der Waals surface area contributed by atoms with Crippen LogP contribution in [0, 0.1) is 17.2 Å². The lowest BCUT2D eigenvalue weighted by atomic mass is 9.86. The molecule has 2 aliphatic rings. The van der Waals surface area contributed by atoms with Crippen LogP contribution in [0.1, 0.15) is 52.0 Å². The average molecular weight is 580 g/mol. The van der Waals surface area contributed by atoms with Crippen molar-refractivity contribution in [2.45, 2.75) is 63.4 Å². The maximum Gasteiger partial charge on any atom is 0.420 e. The van der Waals surface area contributed by atoms with Gasteiger partial charge in [0.25, 0.3) is 0 Å². The molecule has 2 atom stereocenters. The molecule has 4 rings (SSSR count). The van der Waals surface area contributed by atoms with E-state index in [9.17, 15) is 40.5 Å². The second kappa shape index (κ2) is 11.8. The fourth-order valence-corrected chi connectivity index (χ4v) is 5.31. The first kappa shape index (κ1) is 30.8. The van der Waals surface area contributed by atoms with E-state index >= 15 is 0 Å². The Morgan fingerprint density at radius 3 is 2.18 bits per heavy atom. The number of fused-ring (bicyclic) bond motifs is 1. The standard InChI is InChI=1S/C23H23F4NO4S.C4H8F2/c1-22(21(29)30,14-3-4-14)13-32-19-12-20-18(11-17(19)23(25,26)27)28(9-2-10-33(20)31)16-7-5-15(24)6-8-16;1-3-4(2,5)6/h5-8,11-12,14H,2-4,9-10,13H2,1H3,(H,29,30);3H2,1-2H3. The molecule has 0 saturated heterocycles. The molecule has 39 heavy (non-hydrogen) atoms. The summed E-state index contributed by atoms with van der Waals surface area (Å²) in [7, 11) is -1.59. The van der Waals surface area contributed by atoms with Crippen LogP contribution in [0.25, 0.3) is 0 Å². The molecular weight excluding hydrogens is 548 g/mol. The molecule has 2 unspecified atom stereocenters. The lowest BCUT2D eigenvalue weighted by molar-refractivity contribution is -0.151. The zero-order valence-corrected chi connectivity index (χ0v) is 22.6. The molecular formula is C27H31F6NO4S. The fourth-order valence-electron chi connectivity index (χ4n) is 4.06. The van der Waals surface area contributed by atoms with Crippen LogP contribution in [0.5, 0.6) is 5.75 Å². The summed E-state index contributed by atoms with van der Waals surface area (Å²) < 4.78 is 96.7. The quantitative estimate of drug-likeness (QED) is 0.346. The number of halogens is 6. The molecule has 1 fully saturated rings. The molecule has 2 aromatic rings. The van der Waals surface area contributed by atoms with Crippen molar-refractivity contribution in [3.63, 3.8) is 0 Å². The van der Waals surface area contributed by atoms with Crippen LogP contribution < -0.4 is 9.64 Å². The molecule has 0 radical (unpaired) electrons. The van der Waals surface area contributed by atoms with Crippen LogP contribution in [-0.4, -0.2) is 40.1 Å². The van der Waals surface area contributed by atoms with Crippen molar-refractivity contribution in [3.8, 4) is 5.75 Å². The molecule has 1 N–H and O–H groups in total. The zero-order valence-electron chi connectivity index (χ0n) is 21.8. The molecule has 2 aromatic carbocycles. The van der Waals surface area contributed by atoms with Crippen molar-refractivity contribution in [1.29, 1.82) is 0 Å². The highest BCUT2D eigenvalue weighted by Crippen LogP contribution is 2.48. The van der Waals surface area contributed by atoms with Crippen molar-refractivity contribution in [3.05, 3.63) is 47.8 Å². The van der Waals surface area contributed by atoms with E-state index in [4.69, 9.17) is 4.74 Å². The monoisotopic (exact) mass is 579 g/mol. The Kier molecular flexibility index (Phi) is 9.29. The van der Waals surface area contributed by atoms with Gasteiger partial charge in [-0.2, -0.15) is 13.2 Å². The van der Waals surface area contributed by atoms with Crippen molar-refractivity contribution >= 4 is 28.1 Å². The summed E-state index contributed by atoms with van der Waals surface area (Å²) in [6, 6.07) is 7.35. The fraction of sp³-hybridized carbons (Fsp3) is 0.519. The summed E-state index contributed by atoms with van der Waals surface area (Å²) in [5.74, 6) is -4.52. The van der Waals surface area contributed by atoms with Gasteiger partial charge in [0, 0.05) is 24.4 Å². The second-order valence-corrected chi connectivity index (χ2v) is 11.6. The summed E-state index contributed by atoms with van der Waals surface area (Å²) in [5, 5.41) is 9.62. The zero-order chi connectivity index (χ0) is 29.2. The Hall–Kier alpha value is -2.76. The minimum absolute atomic E-state index is 0.0625. The first-order chi connectivity index (χ1) is 18.1. The number of rotatable bonds is 7. The molecule has 1 aliphatic carbocycles. The molecule has 0 spiro atoms. The van der Waals surface area contributed by atoms with Gasteiger partial charge in [0.1, 0.15) is 23.6 Å². The highest BCUT2D eigenvalue weighted by atomic mass is 32.2. The number of benzene rings is 2. The van der Waals surface area contributed by atoms with Gasteiger partial charge < -0.3 is 14.7 Å². The van der Waals surface area contributed by atoms with Gasteiger partial charge in [-0.05, 0) is 75.4 Å². The topological polar surface area (TPSA) is 66.8 Å². The summed E-state index contributed by atoms with van der Waals surface area (Å²) in [5.41, 5.74) is -1.80. The third kappa shape index (κ3) is 7.67. The predicted octanol–water partition coefficient (Wildman–Crippen LogP) is 7.43. The number of anilines is 2. The van der Waals surface area contributed by atoms with Crippen LogP contribution in [-0.2, 0) is 21.8 Å². The van der Waals surface area contributed by atoms with E-state index in [1.807, 2.05) is 0 Å². The summed E-state index contributed by atoms with van der Waals surface area (Å²) in [4.78, 5) is 13.5. The Morgan fingerprint density at radius 1 is 1.10 bits per heavy atom. The van der Waals surface area contributed by atoms with Crippen LogP contribution in [0.3, 0.4) is 0 Å². The molecule has 0 aromatic heterocycles. The van der Waals surface area contributed by atoms with Crippen LogP contribution in [0.4, 0.5) is 37.7 Å². The smallest absolute Gasteiger partial charge is 0.420 e. The lowest BCUT2D eigenvalue weighted by Crippen LogP contribution is -2.36. The molecule has 12 heteroatoms. The van der Waals surface area contributed by atoms with Gasteiger partial charge in [-0.15, -0.1) is 0 Å². The van der Waals surface area contributed by atoms with Crippen LogP contribution >= 0.6 is 0 Å². The molecule has 1 saturated carbocycles. The largest absolute Gasteiger partial charge is 0.492 e. The van der Waals surface area contributed by atoms with E-state index in [1.165, 1.54) is 38.1 Å². The summed E-state index contributed by atoms with van der Waals surface area (Å²) in [6.45, 7) is 3.72. The first-order valence-electron chi connectivity index (χ1n) is 12.5. The maximum atomic E-state index is 14.0. The molecule has 1 aliphatic heterocycles. The van der Waals surface area contributed by atoms with E-state index in [0.717, 1.165) is 19.1 Å². The highest BCUT2D eigenvalue weighted by Gasteiger charge is 2.49. The highest BCUT2D eigenvalue weighted by molar-refractivity contribution is 7.85.